The molecular weight excluding hydrogens is 434 g/mol. The van der Waals surface area contributed by atoms with Gasteiger partial charge in [-0.25, -0.2) is 0 Å². The summed E-state index contributed by atoms with van der Waals surface area (Å²) in [7, 11) is 0. The van der Waals surface area contributed by atoms with Gasteiger partial charge in [0, 0.05) is 21.6 Å². The minimum Gasteiger partial charge on any atom is -0.489 e. The fraction of sp³-hybridized carbons (Fsp3) is 0.333. The average Bonchev–Trinajstić information content (AvgIpc) is 3.16. The lowest BCUT2D eigenvalue weighted by Gasteiger charge is -2.10. The molecule has 0 atom stereocenters. The molecule has 0 spiro atoms. The predicted molar refractivity (Wildman–Crippen MR) is 126 cm³/mol. The van der Waals surface area contributed by atoms with Crippen molar-refractivity contribution in [1.82, 2.24) is 5.16 Å². The minimum atomic E-state index is -0.866. The number of thioether (sulfide) groups is 1. The van der Waals surface area contributed by atoms with Crippen molar-refractivity contribution in [1.29, 1.82) is 0 Å². The van der Waals surface area contributed by atoms with E-state index in [1.807, 2.05) is 30.4 Å². The number of nitrogens with zero attached hydrogens (tertiary/aromatic N) is 1. The Morgan fingerprint density at radius 3 is 2.81 bits per heavy atom. The maximum absolute atomic E-state index is 10.8. The van der Waals surface area contributed by atoms with E-state index in [9.17, 15) is 4.79 Å². The summed E-state index contributed by atoms with van der Waals surface area (Å²) >= 11 is 7.86. The summed E-state index contributed by atoms with van der Waals surface area (Å²) < 4.78 is 11.6. The predicted octanol–water partition coefficient (Wildman–Crippen LogP) is 6.35. The van der Waals surface area contributed by atoms with Crippen LogP contribution in [0.15, 0.2) is 51.9 Å². The van der Waals surface area contributed by atoms with Gasteiger partial charge >= 0.3 is 5.97 Å². The lowest BCUT2D eigenvalue weighted by atomic mass is 10.0. The third kappa shape index (κ3) is 6.05. The van der Waals surface area contributed by atoms with E-state index in [4.69, 9.17) is 26.0 Å². The van der Waals surface area contributed by atoms with Gasteiger partial charge in [-0.3, -0.25) is 4.79 Å². The van der Waals surface area contributed by atoms with Gasteiger partial charge in [0.2, 0.25) is 0 Å². The molecule has 1 aromatic heterocycles. The zero-order valence-corrected chi connectivity index (χ0v) is 19.3. The number of halogens is 1. The van der Waals surface area contributed by atoms with E-state index in [1.54, 1.807) is 23.9 Å². The first kappa shape index (κ1) is 23.2. The Morgan fingerprint density at radius 2 is 2.10 bits per heavy atom. The first-order valence-electron chi connectivity index (χ1n) is 10.3. The molecule has 0 aliphatic carbocycles. The number of carboxylic acid groups (broad SMARTS) is 1. The van der Waals surface area contributed by atoms with Crippen molar-refractivity contribution >= 4 is 40.3 Å². The van der Waals surface area contributed by atoms with Gasteiger partial charge in [0.05, 0.1) is 17.1 Å². The number of hydrogen-bond donors (Lipinski definition) is 1. The van der Waals surface area contributed by atoms with E-state index in [0.717, 1.165) is 57.9 Å². The molecule has 2 aromatic carbocycles. The van der Waals surface area contributed by atoms with Crippen molar-refractivity contribution in [3.8, 4) is 5.75 Å². The van der Waals surface area contributed by atoms with E-state index < -0.39 is 5.97 Å². The van der Waals surface area contributed by atoms with E-state index in [1.165, 1.54) is 0 Å². The van der Waals surface area contributed by atoms with Gasteiger partial charge in [-0.15, -0.1) is 11.8 Å². The van der Waals surface area contributed by atoms with Crippen LogP contribution in [-0.2, 0) is 24.1 Å². The number of carboxylic acids is 1. The van der Waals surface area contributed by atoms with Crippen molar-refractivity contribution in [2.45, 2.75) is 44.4 Å². The van der Waals surface area contributed by atoms with E-state index in [-0.39, 0.29) is 6.42 Å². The van der Waals surface area contributed by atoms with E-state index in [2.05, 4.69) is 19.0 Å². The molecule has 3 aromatic rings. The Hall–Kier alpha value is -2.44. The number of rotatable bonds is 11. The maximum Gasteiger partial charge on any atom is 0.307 e. The summed E-state index contributed by atoms with van der Waals surface area (Å²) in [6.07, 6.45) is 6.70. The number of fused-ring (bicyclic) bond motifs is 1. The topological polar surface area (TPSA) is 72.6 Å². The molecular formula is C24H26ClNO4S. The van der Waals surface area contributed by atoms with Gasteiger partial charge in [-0.05, 0) is 42.7 Å². The molecule has 0 bridgehead atoms. The lowest BCUT2D eigenvalue weighted by molar-refractivity contribution is -0.136. The molecule has 0 saturated heterocycles. The second kappa shape index (κ2) is 11.3. The quantitative estimate of drug-likeness (QED) is 0.266. The molecule has 5 nitrogen and oxygen atoms in total. The van der Waals surface area contributed by atoms with Gasteiger partial charge < -0.3 is 14.4 Å². The van der Waals surface area contributed by atoms with Gasteiger partial charge in [0.25, 0.3) is 0 Å². The summed E-state index contributed by atoms with van der Waals surface area (Å²) in [5.74, 6) is 0.710. The smallest absolute Gasteiger partial charge is 0.307 e. The average molecular weight is 460 g/mol. The number of aromatic nitrogens is 1. The van der Waals surface area contributed by atoms with Crippen LogP contribution in [-0.4, -0.2) is 28.6 Å². The van der Waals surface area contributed by atoms with Crippen LogP contribution in [0.5, 0.6) is 5.75 Å². The Labute approximate surface area is 191 Å². The largest absolute Gasteiger partial charge is 0.489 e. The van der Waals surface area contributed by atoms with E-state index in [0.29, 0.717) is 17.2 Å². The van der Waals surface area contributed by atoms with E-state index >= 15 is 0 Å². The molecule has 0 unspecified atom stereocenters. The Bertz CT molecular complexity index is 1080. The fourth-order valence-electron chi connectivity index (χ4n) is 3.33. The molecule has 31 heavy (non-hydrogen) atoms. The number of hydrogen-bond acceptors (Lipinski definition) is 5. The standard InChI is InChI=1S/C24H26ClNO4S/c1-3-7-18-21(10-9-17-20(4-2)26-30-24(17)18)29-12-5-6-13-31-22-11-8-16(14-19(22)25)15-23(27)28/h5-6,8-11,14H,3-4,7,12-13,15H2,1-2H3,(H,27,28). The van der Waals surface area contributed by atoms with Crippen LogP contribution < -0.4 is 4.74 Å². The molecule has 0 radical (unpaired) electrons. The van der Waals surface area contributed by atoms with Crippen LogP contribution in [0, 0.1) is 0 Å². The van der Waals surface area contributed by atoms with Crippen LogP contribution in [0.1, 0.15) is 37.1 Å². The molecule has 7 heteroatoms. The van der Waals surface area contributed by atoms with Crippen LogP contribution in [0.2, 0.25) is 5.02 Å². The SMILES string of the molecule is CCCc1c(OCC=CCSc2ccc(CC(=O)O)cc2Cl)ccc2c(CC)noc12. The van der Waals surface area contributed by atoms with Gasteiger partial charge in [-0.2, -0.15) is 0 Å². The second-order valence-corrected chi connectivity index (χ2v) is 8.55. The summed E-state index contributed by atoms with van der Waals surface area (Å²) in [6.45, 7) is 4.67. The summed E-state index contributed by atoms with van der Waals surface area (Å²) in [4.78, 5) is 11.7. The molecule has 1 N–H and O–H groups in total. The Morgan fingerprint density at radius 1 is 1.26 bits per heavy atom. The second-order valence-electron chi connectivity index (χ2n) is 7.08. The third-order valence-corrected chi connectivity index (χ3v) is 6.25. The first-order chi connectivity index (χ1) is 15.0. The van der Waals surface area contributed by atoms with Crippen LogP contribution >= 0.6 is 23.4 Å². The fourth-order valence-corrected chi connectivity index (χ4v) is 4.47. The highest BCUT2D eigenvalue weighted by molar-refractivity contribution is 7.99. The zero-order chi connectivity index (χ0) is 22.2. The molecule has 0 fully saturated rings. The minimum absolute atomic E-state index is 0.0262. The number of carbonyl (C=O) groups is 1. The summed E-state index contributed by atoms with van der Waals surface area (Å²) in [5, 5.41) is 14.7. The summed E-state index contributed by atoms with van der Waals surface area (Å²) in [6, 6.07) is 9.40. The van der Waals surface area contributed by atoms with Crippen molar-refractivity contribution in [2.75, 3.05) is 12.4 Å². The first-order valence-corrected chi connectivity index (χ1v) is 11.7. The van der Waals surface area contributed by atoms with Crippen molar-refractivity contribution < 1.29 is 19.2 Å². The highest BCUT2D eigenvalue weighted by atomic mass is 35.5. The number of ether oxygens (including phenoxy) is 1. The van der Waals surface area contributed by atoms with Crippen molar-refractivity contribution in [2.24, 2.45) is 0 Å². The normalized spacial score (nSPS) is 11.5. The molecule has 164 valence electrons. The van der Waals surface area contributed by atoms with Crippen LogP contribution in [0.3, 0.4) is 0 Å². The number of aliphatic carboxylic acids is 1. The zero-order valence-electron chi connectivity index (χ0n) is 17.7. The van der Waals surface area contributed by atoms with Gasteiger partial charge in [0.15, 0.2) is 5.58 Å². The molecule has 0 aliphatic heterocycles. The third-order valence-electron chi connectivity index (χ3n) is 4.80. The molecule has 1 heterocycles. The Kier molecular flexibility index (Phi) is 8.43. The number of aryl methyl sites for hydroxylation is 2. The van der Waals surface area contributed by atoms with Gasteiger partial charge in [-0.1, -0.05) is 55.2 Å². The van der Waals surface area contributed by atoms with Crippen molar-refractivity contribution in [3.05, 3.63) is 64.3 Å². The van der Waals surface area contributed by atoms with Crippen LogP contribution in [0.25, 0.3) is 11.0 Å². The highest BCUT2D eigenvalue weighted by Gasteiger charge is 2.15. The maximum atomic E-state index is 10.8. The van der Waals surface area contributed by atoms with Gasteiger partial charge in [0.1, 0.15) is 12.4 Å². The summed E-state index contributed by atoms with van der Waals surface area (Å²) in [5.41, 5.74) is 3.58. The number of benzene rings is 2. The Balaban J connectivity index is 1.56. The molecule has 3 rings (SSSR count). The van der Waals surface area contributed by atoms with Crippen LogP contribution in [0.4, 0.5) is 0 Å². The lowest BCUT2D eigenvalue weighted by Crippen LogP contribution is -1.99. The molecule has 0 amide bonds. The molecule has 0 aliphatic rings. The highest BCUT2D eigenvalue weighted by Crippen LogP contribution is 2.32. The van der Waals surface area contributed by atoms with Crippen molar-refractivity contribution in [3.63, 3.8) is 0 Å². The monoisotopic (exact) mass is 459 g/mol. The molecule has 0 saturated carbocycles.